The third-order valence-electron chi connectivity index (χ3n) is 5.54. The Balaban J connectivity index is 1.65. The van der Waals surface area contributed by atoms with Crippen molar-refractivity contribution in [1.82, 2.24) is 4.72 Å². The Bertz CT molecular complexity index is 1510. The number of benzene rings is 4. The molecule has 188 valence electrons. The smallest absolute Gasteiger partial charge is 0.242 e. The SMILES string of the molecule is O=C(c1ccccc1)c1cc(Cl)ccc1NC(=O)C(Cc1ccccc1)NS(=O)(=O)c1ccc(F)cc1. The van der Waals surface area contributed by atoms with Crippen LogP contribution in [-0.2, 0) is 21.2 Å². The second-order valence-electron chi connectivity index (χ2n) is 8.19. The van der Waals surface area contributed by atoms with Gasteiger partial charge in [0.15, 0.2) is 5.78 Å². The summed E-state index contributed by atoms with van der Waals surface area (Å²) < 4.78 is 41.8. The van der Waals surface area contributed by atoms with Gasteiger partial charge in [0.2, 0.25) is 15.9 Å². The number of carbonyl (C=O) groups is 2. The van der Waals surface area contributed by atoms with Gasteiger partial charge in [0.25, 0.3) is 0 Å². The van der Waals surface area contributed by atoms with E-state index < -0.39 is 27.8 Å². The van der Waals surface area contributed by atoms with Gasteiger partial charge in [0.05, 0.1) is 10.6 Å². The lowest BCUT2D eigenvalue weighted by atomic mass is 10.0. The molecule has 4 aromatic carbocycles. The Labute approximate surface area is 219 Å². The van der Waals surface area contributed by atoms with Crippen molar-refractivity contribution in [3.63, 3.8) is 0 Å². The summed E-state index contributed by atoms with van der Waals surface area (Å²) in [6, 6.07) is 24.9. The van der Waals surface area contributed by atoms with Crippen molar-refractivity contribution in [2.24, 2.45) is 0 Å². The Kier molecular flexibility index (Phi) is 8.13. The first kappa shape index (κ1) is 26.2. The van der Waals surface area contributed by atoms with E-state index in [9.17, 15) is 22.4 Å². The van der Waals surface area contributed by atoms with E-state index >= 15 is 0 Å². The number of amides is 1. The zero-order valence-corrected chi connectivity index (χ0v) is 21.0. The van der Waals surface area contributed by atoms with Crippen molar-refractivity contribution in [2.75, 3.05) is 5.32 Å². The first-order valence-corrected chi connectivity index (χ1v) is 13.1. The fourth-order valence-electron chi connectivity index (χ4n) is 3.68. The van der Waals surface area contributed by atoms with Gasteiger partial charge in [-0.2, -0.15) is 4.72 Å². The van der Waals surface area contributed by atoms with Crippen LogP contribution in [0.15, 0.2) is 108 Å². The third kappa shape index (κ3) is 6.68. The number of anilines is 1. The number of rotatable bonds is 9. The van der Waals surface area contributed by atoms with Crippen LogP contribution < -0.4 is 10.0 Å². The van der Waals surface area contributed by atoms with E-state index in [2.05, 4.69) is 10.0 Å². The van der Waals surface area contributed by atoms with Crippen molar-refractivity contribution in [2.45, 2.75) is 17.4 Å². The molecule has 2 N–H and O–H groups in total. The van der Waals surface area contributed by atoms with Gasteiger partial charge >= 0.3 is 0 Å². The van der Waals surface area contributed by atoms with E-state index in [1.165, 1.54) is 18.2 Å². The highest BCUT2D eigenvalue weighted by atomic mass is 35.5. The van der Waals surface area contributed by atoms with Gasteiger partial charge in [0, 0.05) is 16.1 Å². The molecular formula is C28H22ClFN2O4S. The summed E-state index contributed by atoms with van der Waals surface area (Å²) in [5.41, 5.74) is 1.45. The molecule has 0 aliphatic heterocycles. The minimum Gasteiger partial charge on any atom is -0.324 e. The molecule has 4 aromatic rings. The van der Waals surface area contributed by atoms with E-state index in [-0.39, 0.29) is 28.4 Å². The molecule has 0 aromatic heterocycles. The van der Waals surface area contributed by atoms with Gasteiger partial charge in [-0.25, -0.2) is 12.8 Å². The summed E-state index contributed by atoms with van der Waals surface area (Å²) in [5.74, 6) is -1.63. The Hall–Kier alpha value is -3.85. The Morgan fingerprint density at radius 2 is 1.46 bits per heavy atom. The van der Waals surface area contributed by atoms with Gasteiger partial charge in [-0.05, 0) is 54.4 Å². The second kappa shape index (κ2) is 11.5. The molecule has 0 fully saturated rings. The van der Waals surface area contributed by atoms with Crippen LogP contribution in [0.25, 0.3) is 0 Å². The lowest BCUT2D eigenvalue weighted by Crippen LogP contribution is -2.45. The summed E-state index contributed by atoms with van der Waals surface area (Å²) in [6.07, 6.45) is 0.0304. The third-order valence-corrected chi connectivity index (χ3v) is 7.26. The predicted octanol–water partition coefficient (Wildman–Crippen LogP) is 5.24. The quantitative estimate of drug-likeness (QED) is 0.286. The fourth-order valence-corrected chi connectivity index (χ4v) is 5.05. The van der Waals surface area contributed by atoms with E-state index in [0.29, 0.717) is 16.1 Å². The predicted molar refractivity (Wildman–Crippen MR) is 141 cm³/mol. The van der Waals surface area contributed by atoms with Crippen molar-refractivity contribution in [1.29, 1.82) is 0 Å². The summed E-state index contributed by atoms with van der Waals surface area (Å²) in [4.78, 5) is 26.4. The van der Waals surface area contributed by atoms with Crippen molar-refractivity contribution >= 4 is 39.0 Å². The number of nitrogens with one attached hydrogen (secondary N) is 2. The summed E-state index contributed by atoms with van der Waals surface area (Å²) in [7, 11) is -4.18. The van der Waals surface area contributed by atoms with Crippen LogP contribution in [0.1, 0.15) is 21.5 Å². The standard InChI is InChI=1S/C28H22ClFN2O4S/c29-21-11-16-25(24(18-21)27(33)20-9-5-2-6-10-20)31-28(34)26(17-19-7-3-1-4-8-19)32-37(35,36)23-14-12-22(30)13-15-23/h1-16,18,26,32H,17H2,(H,31,34). The Morgan fingerprint density at radius 1 is 0.838 bits per heavy atom. The lowest BCUT2D eigenvalue weighted by Gasteiger charge is -2.20. The zero-order valence-electron chi connectivity index (χ0n) is 19.4. The number of ketones is 1. The highest BCUT2D eigenvalue weighted by Crippen LogP contribution is 2.24. The van der Waals surface area contributed by atoms with E-state index in [0.717, 1.165) is 24.3 Å². The molecule has 37 heavy (non-hydrogen) atoms. The maximum atomic E-state index is 13.4. The topological polar surface area (TPSA) is 92.3 Å². The van der Waals surface area contributed by atoms with Gasteiger partial charge in [-0.3, -0.25) is 9.59 Å². The molecule has 0 aliphatic carbocycles. The molecule has 9 heteroatoms. The second-order valence-corrected chi connectivity index (χ2v) is 10.3. The molecular weight excluding hydrogens is 515 g/mol. The van der Waals surface area contributed by atoms with Crippen LogP contribution in [-0.4, -0.2) is 26.2 Å². The number of carbonyl (C=O) groups excluding carboxylic acids is 2. The highest BCUT2D eigenvalue weighted by molar-refractivity contribution is 7.89. The molecule has 1 amide bonds. The highest BCUT2D eigenvalue weighted by Gasteiger charge is 2.27. The molecule has 6 nitrogen and oxygen atoms in total. The summed E-state index contributed by atoms with van der Waals surface area (Å²) >= 11 is 6.14. The minimum absolute atomic E-state index is 0.0304. The zero-order chi connectivity index (χ0) is 26.4. The number of hydrogen-bond acceptors (Lipinski definition) is 4. The molecule has 0 bridgehead atoms. The fraction of sp³-hybridized carbons (Fsp3) is 0.0714. The van der Waals surface area contributed by atoms with Crippen molar-refractivity contribution in [3.05, 3.63) is 131 Å². The average molecular weight is 537 g/mol. The van der Waals surface area contributed by atoms with Gasteiger partial charge in [-0.15, -0.1) is 0 Å². The lowest BCUT2D eigenvalue weighted by molar-refractivity contribution is -0.117. The first-order valence-electron chi connectivity index (χ1n) is 11.2. The van der Waals surface area contributed by atoms with Crippen LogP contribution in [0.4, 0.5) is 10.1 Å². The summed E-state index contributed by atoms with van der Waals surface area (Å²) in [5, 5.41) is 2.99. The minimum atomic E-state index is -4.18. The van der Waals surface area contributed by atoms with E-state index in [1.807, 2.05) is 0 Å². The van der Waals surface area contributed by atoms with E-state index in [4.69, 9.17) is 11.6 Å². The maximum absolute atomic E-state index is 13.4. The number of halogens is 2. The van der Waals surface area contributed by atoms with Gasteiger partial charge in [-0.1, -0.05) is 72.3 Å². The largest absolute Gasteiger partial charge is 0.324 e. The van der Waals surface area contributed by atoms with Crippen LogP contribution in [0.5, 0.6) is 0 Å². The molecule has 0 aliphatic rings. The molecule has 1 unspecified atom stereocenters. The molecule has 0 radical (unpaired) electrons. The average Bonchev–Trinajstić information content (AvgIpc) is 2.90. The first-order chi connectivity index (χ1) is 17.7. The van der Waals surface area contributed by atoms with Crippen molar-refractivity contribution in [3.8, 4) is 0 Å². The number of hydrogen-bond donors (Lipinski definition) is 2. The maximum Gasteiger partial charge on any atom is 0.242 e. The van der Waals surface area contributed by atoms with Crippen LogP contribution in [0.3, 0.4) is 0 Å². The Morgan fingerprint density at radius 3 is 2.11 bits per heavy atom. The molecule has 0 heterocycles. The monoisotopic (exact) mass is 536 g/mol. The number of sulfonamides is 1. The van der Waals surface area contributed by atoms with Crippen molar-refractivity contribution < 1.29 is 22.4 Å². The van der Waals surface area contributed by atoms with E-state index in [1.54, 1.807) is 60.7 Å². The molecule has 0 spiro atoms. The normalized spacial score (nSPS) is 12.1. The van der Waals surface area contributed by atoms with Crippen LogP contribution in [0, 0.1) is 5.82 Å². The van der Waals surface area contributed by atoms with Crippen LogP contribution >= 0.6 is 11.6 Å². The summed E-state index contributed by atoms with van der Waals surface area (Å²) in [6.45, 7) is 0. The molecule has 0 saturated heterocycles. The van der Waals surface area contributed by atoms with Gasteiger partial charge in [0.1, 0.15) is 11.9 Å². The van der Waals surface area contributed by atoms with Gasteiger partial charge < -0.3 is 5.32 Å². The molecule has 0 saturated carbocycles. The van der Waals surface area contributed by atoms with Crippen LogP contribution in [0.2, 0.25) is 5.02 Å². The molecule has 1 atom stereocenters. The molecule has 4 rings (SSSR count).